The minimum atomic E-state index is -0.315. The van der Waals surface area contributed by atoms with Crippen molar-refractivity contribution in [3.05, 3.63) is 20.3 Å². The predicted molar refractivity (Wildman–Crippen MR) is 74.5 cm³/mol. The maximum atomic E-state index is 10.2. The standard InChI is InChI=1S/C13H19BrO2S/c1-3-16-10-4-9(5-10)6-12(15)11-7-13(14)17-8(11)2/h7,9-10,12,15H,3-6H2,1-2H3. The highest BCUT2D eigenvalue weighted by Gasteiger charge is 2.31. The van der Waals surface area contributed by atoms with E-state index in [2.05, 4.69) is 22.9 Å². The van der Waals surface area contributed by atoms with Gasteiger partial charge < -0.3 is 9.84 Å². The minimum absolute atomic E-state index is 0.315. The van der Waals surface area contributed by atoms with E-state index in [1.165, 1.54) is 4.88 Å². The summed E-state index contributed by atoms with van der Waals surface area (Å²) < 4.78 is 6.64. The molecule has 1 aliphatic rings. The van der Waals surface area contributed by atoms with Gasteiger partial charge in [-0.25, -0.2) is 0 Å². The third kappa shape index (κ3) is 3.31. The summed E-state index contributed by atoms with van der Waals surface area (Å²) in [5.41, 5.74) is 1.08. The lowest BCUT2D eigenvalue weighted by Crippen LogP contribution is -2.32. The Morgan fingerprint density at radius 1 is 1.59 bits per heavy atom. The van der Waals surface area contributed by atoms with Gasteiger partial charge in [-0.05, 0) is 66.6 Å². The molecule has 1 atom stereocenters. The molecule has 1 N–H and O–H groups in total. The Balaban J connectivity index is 1.82. The van der Waals surface area contributed by atoms with E-state index in [9.17, 15) is 5.11 Å². The highest BCUT2D eigenvalue weighted by atomic mass is 79.9. The smallest absolute Gasteiger partial charge is 0.0803 e. The Morgan fingerprint density at radius 3 is 2.82 bits per heavy atom. The summed E-state index contributed by atoms with van der Waals surface area (Å²) >= 11 is 5.16. The van der Waals surface area contributed by atoms with Crippen LogP contribution in [-0.4, -0.2) is 17.8 Å². The Bertz CT molecular complexity index is 371. The van der Waals surface area contributed by atoms with Crippen molar-refractivity contribution in [3.8, 4) is 0 Å². The molecule has 1 aliphatic carbocycles. The summed E-state index contributed by atoms with van der Waals surface area (Å²) in [6.07, 6.45) is 3.20. The minimum Gasteiger partial charge on any atom is -0.388 e. The molecular formula is C13H19BrO2S. The normalized spacial score (nSPS) is 25.6. The summed E-state index contributed by atoms with van der Waals surface area (Å²) in [5.74, 6) is 0.625. The van der Waals surface area contributed by atoms with Crippen LogP contribution in [0, 0.1) is 12.8 Å². The van der Waals surface area contributed by atoms with E-state index >= 15 is 0 Å². The van der Waals surface area contributed by atoms with Gasteiger partial charge in [-0.1, -0.05) is 0 Å². The van der Waals surface area contributed by atoms with Crippen LogP contribution in [-0.2, 0) is 4.74 Å². The van der Waals surface area contributed by atoms with Crippen LogP contribution in [0.4, 0.5) is 0 Å². The van der Waals surface area contributed by atoms with E-state index in [1.807, 2.05) is 13.0 Å². The van der Waals surface area contributed by atoms with E-state index in [0.29, 0.717) is 12.0 Å². The Morgan fingerprint density at radius 2 is 2.29 bits per heavy atom. The van der Waals surface area contributed by atoms with Crippen molar-refractivity contribution in [2.24, 2.45) is 5.92 Å². The van der Waals surface area contributed by atoms with Crippen molar-refractivity contribution in [1.29, 1.82) is 0 Å². The van der Waals surface area contributed by atoms with Gasteiger partial charge in [-0.15, -0.1) is 11.3 Å². The highest BCUT2D eigenvalue weighted by Crippen LogP contribution is 2.39. The van der Waals surface area contributed by atoms with Crippen molar-refractivity contribution in [2.45, 2.75) is 45.3 Å². The largest absolute Gasteiger partial charge is 0.388 e. The topological polar surface area (TPSA) is 29.5 Å². The van der Waals surface area contributed by atoms with Crippen LogP contribution in [0.1, 0.15) is 42.7 Å². The van der Waals surface area contributed by atoms with Crippen LogP contribution >= 0.6 is 27.3 Å². The van der Waals surface area contributed by atoms with Crippen LogP contribution < -0.4 is 0 Å². The molecule has 2 rings (SSSR count). The maximum Gasteiger partial charge on any atom is 0.0803 e. The third-order valence-electron chi connectivity index (χ3n) is 3.44. The number of ether oxygens (including phenoxy) is 1. The monoisotopic (exact) mass is 318 g/mol. The molecule has 17 heavy (non-hydrogen) atoms. The molecule has 1 fully saturated rings. The molecule has 1 saturated carbocycles. The maximum absolute atomic E-state index is 10.2. The second kappa shape index (κ2) is 5.83. The van der Waals surface area contributed by atoms with E-state index in [1.54, 1.807) is 11.3 Å². The highest BCUT2D eigenvalue weighted by molar-refractivity contribution is 9.11. The molecule has 0 aliphatic heterocycles. The first-order valence-corrected chi connectivity index (χ1v) is 7.76. The van der Waals surface area contributed by atoms with Crippen LogP contribution in [0.25, 0.3) is 0 Å². The number of hydrogen-bond acceptors (Lipinski definition) is 3. The Kier molecular flexibility index (Phi) is 4.64. The Hall–Kier alpha value is 0.1000. The Labute approximate surface area is 115 Å². The van der Waals surface area contributed by atoms with E-state index < -0.39 is 0 Å². The second-order valence-corrected chi connectivity index (χ2v) is 7.36. The van der Waals surface area contributed by atoms with Crippen LogP contribution in [0.15, 0.2) is 9.85 Å². The molecule has 0 saturated heterocycles. The van der Waals surface area contributed by atoms with Gasteiger partial charge >= 0.3 is 0 Å². The van der Waals surface area contributed by atoms with Gasteiger partial charge in [-0.3, -0.25) is 0 Å². The molecule has 0 radical (unpaired) electrons. The van der Waals surface area contributed by atoms with Gasteiger partial charge in [-0.2, -0.15) is 0 Å². The average Bonchev–Trinajstić information content (AvgIpc) is 2.54. The quantitative estimate of drug-likeness (QED) is 0.887. The molecule has 1 aromatic heterocycles. The van der Waals surface area contributed by atoms with Gasteiger partial charge in [0.25, 0.3) is 0 Å². The van der Waals surface area contributed by atoms with Crippen LogP contribution in [0.2, 0.25) is 0 Å². The van der Waals surface area contributed by atoms with Crippen molar-refractivity contribution >= 4 is 27.3 Å². The van der Waals surface area contributed by atoms with Crippen molar-refractivity contribution in [3.63, 3.8) is 0 Å². The fraction of sp³-hybridized carbons (Fsp3) is 0.692. The first-order valence-electron chi connectivity index (χ1n) is 6.15. The molecule has 0 spiro atoms. The molecule has 1 unspecified atom stereocenters. The SMILES string of the molecule is CCOC1CC(CC(O)c2cc(Br)sc2C)C1. The van der Waals surface area contributed by atoms with Gasteiger partial charge in [0, 0.05) is 11.5 Å². The van der Waals surface area contributed by atoms with Crippen LogP contribution in [0.5, 0.6) is 0 Å². The summed E-state index contributed by atoms with van der Waals surface area (Å²) in [6, 6.07) is 2.04. The van der Waals surface area contributed by atoms with Crippen LogP contribution in [0.3, 0.4) is 0 Å². The van der Waals surface area contributed by atoms with Crippen molar-refractivity contribution < 1.29 is 9.84 Å². The van der Waals surface area contributed by atoms with Crippen molar-refractivity contribution in [1.82, 2.24) is 0 Å². The zero-order valence-electron chi connectivity index (χ0n) is 10.3. The summed E-state index contributed by atoms with van der Waals surface area (Å²) in [6.45, 7) is 4.91. The lowest BCUT2D eigenvalue weighted by molar-refractivity contribution is -0.0380. The molecule has 1 aromatic rings. The zero-order valence-corrected chi connectivity index (χ0v) is 12.7. The van der Waals surface area contributed by atoms with E-state index in [4.69, 9.17) is 4.74 Å². The molecule has 4 heteroatoms. The molecule has 2 nitrogen and oxygen atoms in total. The van der Waals surface area contributed by atoms with E-state index in [-0.39, 0.29) is 6.10 Å². The number of thiophene rings is 1. The number of aryl methyl sites for hydroxylation is 1. The molecule has 1 heterocycles. The number of aliphatic hydroxyl groups excluding tert-OH is 1. The fourth-order valence-corrected chi connectivity index (χ4v) is 4.24. The molecule has 0 aromatic carbocycles. The number of aliphatic hydroxyl groups is 1. The lowest BCUT2D eigenvalue weighted by atomic mass is 9.78. The first-order chi connectivity index (χ1) is 8.10. The average molecular weight is 319 g/mol. The summed E-state index contributed by atoms with van der Waals surface area (Å²) in [4.78, 5) is 1.21. The molecule has 96 valence electrons. The molecular weight excluding hydrogens is 300 g/mol. The van der Waals surface area contributed by atoms with Crippen molar-refractivity contribution in [2.75, 3.05) is 6.61 Å². The molecule has 0 bridgehead atoms. The van der Waals surface area contributed by atoms with E-state index in [0.717, 1.165) is 35.2 Å². The predicted octanol–water partition coefficient (Wildman–Crippen LogP) is 4.06. The summed E-state index contributed by atoms with van der Waals surface area (Å²) in [7, 11) is 0. The van der Waals surface area contributed by atoms with Gasteiger partial charge in [0.15, 0.2) is 0 Å². The first kappa shape index (κ1) is 13.5. The van der Waals surface area contributed by atoms with Gasteiger partial charge in [0.05, 0.1) is 16.0 Å². The number of hydrogen-bond donors (Lipinski definition) is 1. The molecule has 0 amide bonds. The van der Waals surface area contributed by atoms with Gasteiger partial charge in [0.2, 0.25) is 0 Å². The fourth-order valence-electron chi connectivity index (χ4n) is 2.47. The number of rotatable bonds is 5. The summed E-state index contributed by atoms with van der Waals surface area (Å²) in [5, 5.41) is 10.2. The third-order valence-corrected chi connectivity index (χ3v) is 5.01. The lowest BCUT2D eigenvalue weighted by Gasteiger charge is -2.36. The zero-order chi connectivity index (χ0) is 12.4. The number of halogens is 1. The van der Waals surface area contributed by atoms with Gasteiger partial charge in [0.1, 0.15) is 0 Å². The second-order valence-electron chi connectivity index (χ2n) is 4.73.